The molecule has 0 radical (unpaired) electrons. The van der Waals surface area contributed by atoms with E-state index < -0.39 is 0 Å². The number of hydrogen-bond donors (Lipinski definition) is 1. The van der Waals surface area contributed by atoms with Crippen LogP contribution in [0.15, 0.2) is 34.8 Å². The molecule has 1 atom stereocenters. The Balaban J connectivity index is 2.25. The number of hydrogen-bond acceptors (Lipinski definition) is 1. The number of anilines is 1. The van der Waals surface area contributed by atoms with Gasteiger partial charge in [-0.3, -0.25) is 0 Å². The van der Waals surface area contributed by atoms with Gasteiger partial charge in [0.05, 0.1) is 0 Å². The summed E-state index contributed by atoms with van der Waals surface area (Å²) >= 11 is 3.62. The van der Waals surface area contributed by atoms with Crippen LogP contribution in [0.5, 0.6) is 0 Å². The van der Waals surface area contributed by atoms with Crippen molar-refractivity contribution in [2.75, 3.05) is 5.32 Å². The zero-order chi connectivity index (χ0) is 14.9. The molecule has 2 aromatic rings. The second-order valence-electron chi connectivity index (χ2n) is 5.65. The van der Waals surface area contributed by atoms with Gasteiger partial charge < -0.3 is 5.32 Å². The van der Waals surface area contributed by atoms with Crippen molar-refractivity contribution in [3.05, 3.63) is 62.6 Å². The fourth-order valence-corrected chi connectivity index (χ4v) is 2.90. The van der Waals surface area contributed by atoms with E-state index in [-0.39, 0.29) is 0 Å². The summed E-state index contributed by atoms with van der Waals surface area (Å²) in [6.45, 7) is 10.8. The van der Waals surface area contributed by atoms with Crippen molar-refractivity contribution in [3.8, 4) is 0 Å². The van der Waals surface area contributed by atoms with E-state index in [1.807, 2.05) is 0 Å². The van der Waals surface area contributed by atoms with Crippen LogP contribution >= 0.6 is 15.9 Å². The molecule has 1 unspecified atom stereocenters. The first-order valence-corrected chi connectivity index (χ1v) is 7.78. The summed E-state index contributed by atoms with van der Waals surface area (Å²) in [5.74, 6) is 0. The van der Waals surface area contributed by atoms with E-state index in [1.54, 1.807) is 0 Å². The predicted molar refractivity (Wildman–Crippen MR) is 91.6 cm³/mol. The van der Waals surface area contributed by atoms with Gasteiger partial charge in [-0.15, -0.1) is 0 Å². The molecular formula is C18H22BrN. The lowest BCUT2D eigenvalue weighted by atomic mass is 10.00. The minimum absolute atomic E-state index is 0.301. The summed E-state index contributed by atoms with van der Waals surface area (Å²) in [6, 6.07) is 11.3. The highest BCUT2D eigenvalue weighted by atomic mass is 79.9. The topological polar surface area (TPSA) is 12.0 Å². The van der Waals surface area contributed by atoms with E-state index in [0.29, 0.717) is 6.04 Å². The maximum absolute atomic E-state index is 3.62. The van der Waals surface area contributed by atoms with Crippen molar-refractivity contribution in [1.29, 1.82) is 0 Å². The van der Waals surface area contributed by atoms with Gasteiger partial charge in [-0.25, -0.2) is 0 Å². The molecule has 2 rings (SSSR count). The highest BCUT2D eigenvalue weighted by molar-refractivity contribution is 9.10. The molecule has 20 heavy (non-hydrogen) atoms. The van der Waals surface area contributed by atoms with Gasteiger partial charge in [0, 0.05) is 16.2 Å². The first-order chi connectivity index (χ1) is 9.38. The third-order valence-corrected chi connectivity index (χ3v) is 4.96. The molecule has 2 aromatic carbocycles. The summed E-state index contributed by atoms with van der Waals surface area (Å²) < 4.78 is 1.20. The molecule has 0 saturated heterocycles. The number of nitrogens with one attached hydrogen (secondary N) is 1. The minimum atomic E-state index is 0.301. The third-order valence-electron chi connectivity index (χ3n) is 3.71. The van der Waals surface area contributed by atoms with Crippen LogP contribution < -0.4 is 5.32 Å². The Hall–Kier alpha value is -1.28. The highest BCUT2D eigenvalue weighted by Gasteiger charge is 2.10. The number of aryl methyl sites for hydroxylation is 4. The van der Waals surface area contributed by atoms with Crippen molar-refractivity contribution < 1.29 is 0 Å². The van der Waals surface area contributed by atoms with Gasteiger partial charge >= 0.3 is 0 Å². The van der Waals surface area contributed by atoms with Crippen LogP contribution in [0, 0.1) is 27.7 Å². The standard InChI is InChI=1S/C18H22BrN/c1-11-6-7-17(12(2)8-11)15(5)20-16-9-13(3)18(19)14(4)10-16/h6-10,15,20H,1-5H3. The first-order valence-electron chi connectivity index (χ1n) is 6.99. The molecule has 0 aromatic heterocycles. The minimum Gasteiger partial charge on any atom is -0.378 e. The molecule has 0 heterocycles. The van der Waals surface area contributed by atoms with E-state index in [4.69, 9.17) is 0 Å². The zero-order valence-corrected chi connectivity index (χ0v) is 14.4. The fraction of sp³-hybridized carbons (Fsp3) is 0.333. The molecule has 1 N–H and O–H groups in total. The molecule has 2 heteroatoms. The molecule has 0 bridgehead atoms. The summed E-state index contributed by atoms with van der Waals surface area (Å²) in [7, 11) is 0. The molecule has 0 aliphatic rings. The van der Waals surface area contributed by atoms with Crippen molar-refractivity contribution in [1.82, 2.24) is 0 Å². The Morgan fingerprint density at radius 3 is 2.05 bits per heavy atom. The van der Waals surface area contributed by atoms with Gasteiger partial charge in [-0.05, 0) is 69.0 Å². The van der Waals surface area contributed by atoms with Gasteiger partial charge in [0.15, 0.2) is 0 Å². The van der Waals surface area contributed by atoms with E-state index in [2.05, 4.69) is 86.2 Å². The SMILES string of the molecule is Cc1ccc(C(C)Nc2cc(C)c(Br)c(C)c2)c(C)c1. The molecule has 1 nitrogen and oxygen atoms in total. The highest BCUT2D eigenvalue weighted by Crippen LogP contribution is 2.28. The lowest BCUT2D eigenvalue weighted by Gasteiger charge is -2.19. The van der Waals surface area contributed by atoms with Crippen LogP contribution in [0.1, 0.15) is 40.8 Å². The van der Waals surface area contributed by atoms with Crippen molar-refractivity contribution >= 4 is 21.6 Å². The molecule has 0 aliphatic heterocycles. The van der Waals surface area contributed by atoms with E-state index in [0.717, 1.165) is 0 Å². The van der Waals surface area contributed by atoms with E-state index in [1.165, 1.54) is 38.0 Å². The van der Waals surface area contributed by atoms with Gasteiger partial charge in [0.25, 0.3) is 0 Å². The molecule has 0 amide bonds. The number of halogens is 1. The van der Waals surface area contributed by atoms with Crippen LogP contribution in [0.3, 0.4) is 0 Å². The second kappa shape index (κ2) is 6.01. The maximum atomic E-state index is 3.62. The summed E-state index contributed by atoms with van der Waals surface area (Å²) in [6.07, 6.45) is 0. The molecule has 0 saturated carbocycles. The summed E-state index contributed by atoms with van der Waals surface area (Å²) in [4.78, 5) is 0. The van der Waals surface area contributed by atoms with Gasteiger partial charge in [-0.2, -0.15) is 0 Å². The van der Waals surface area contributed by atoms with Gasteiger partial charge in [0.1, 0.15) is 0 Å². The van der Waals surface area contributed by atoms with E-state index in [9.17, 15) is 0 Å². The Morgan fingerprint density at radius 2 is 1.50 bits per heavy atom. The summed E-state index contributed by atoms with van der Waals surface area (Å²) in [5, 5.41) is 3.61. The molecule has 0 spiro atoms. The predicted octanol–water partition coefficient (Wildman–Crippen LogP) is 5.86. The largest absolute Gasteiger partial charge is 0.378 e. The van der Waals surface area contributed by atoms with Gasteiger partial charge in [0.2, 0.25) is 0 Å². The lowest BCUT2D eigenvalue weighted by molar-refractivity contribution is 0.872. The smallest absolute Gasteiger partial charge is 0.0488 e. The second-order valence-corrected chi connectivity index (χ2v) is 6.44. The Labute approximate surface area is 130 Å². The molecule has 0 fully saturated rings. The quantitative estimate of drug-likeness (QED) is 0.743. The average Bonchev–Trinajstić information content (AvgIpc) is 2.35. The van der Waals surface area contributed by atoms with E-state index >= 15 is 0 Å². The molecule has 0 aliphatic carbocycles. The van der Waals surface area contributed by atoms with Crippen molar-refractivity contribution in [2.45, 2.75) is 40.7 Å². The normalized spacial score (nSPS) is 12.3. The Morgan fingerprint density at radius 1 is 0.900 bits per heavy atom. The van der Waals surface area contributed by atoms with Crippen LogP contribution in [0.2, 0.25) is 0 Å². The monoisotopic (exact) mass is 331 g/mol. The van der Waals surface area contributed by atoms with Crippen molar-refractivity contribution in [3.63, 3.8) is 0 Å². The van der Waals surface area contributed by atoms with Crippen LogP contribution in [0.4, 0.5) is 5.69 Å². The van der Waals surface area contributed by atoms with Crippen LogP contribution in [-0.2, 0) is 0 Å². The zero-order valence-electron chi connectivity index (χ0n) is 12.8. The van der Waals surface area contributed by atoms with Crippen molar-refractivity contribution in [2.24, 2.45) is 0 Å². The summed E-state index contributed by atoms with van der Waals surface area (Å²) in [5.41, 5.74) is 7.72. The maximum Gasteiger partial charge on any atom is 0.0488 e. The Bertz CT molecular complexity index is 608. The van der Waals surface area contributed by atoms with Crippen LogP contribution in [0.25, 0.3) is 0 Å². The number of benzene rings is 2. The number of rotatable bonds is 3. The fourth-order valence-electron chi connectivity index (χ4n) is 2.67. The molecule has 106 valence electrons. The lowest BCUT2D eigenvalue weighted by Crippen LogP contribution is -2.08. The third kappa shape index (κ3) is 3.24. The first kappa shape index (κ1) is 15.1. The van der Waals surface area contributed by atoms with Crippen LogP contribution in [-0.4, -0.2) is 0 Å². The van der Waals surface area contributed by atoms with Gasteiger partial charge in [-0.1, -0.05) is 39.7 Å². The molecular weight excluding hydrogens is 310 g/mol. The average molecular weight is 332 g/mol. The Kier molecular flexibility index (Phi) is 4.54.